The second-order valence-corrected chi connectivity index (χ2v) is 5.62. The van der Waals surface area contributed by atoms with Crippen molar-refractivity contribution < 1.29 is 23.8 Å². The molecule has 0 aliphatic carbocycles. The van der Waals surface area contributed by atoms with Crippen LogP contribution in [0.15, 0.2) is 48.5 Å². The van der Waals surface area contributed by atoms with Crippen molar-refractivity contribution in [3.05, 3.63) is 59.9 Å². The van der Waals surface area contributed by atoms with Gasteiger partial charge in [0.05, 0.1) is 13.2 Å². The van der Waals surface area contributed by atoms with Gasteiger partial charge in [-0.3, -0.25) is 4.79 Å². The minimum Gasteiger partial charge on any atom is -0.493 e. The van der Waals surface area contributed by atoms with Crippen LogP contribution in [0.1, 0.15) is 12.0 Å². The van der Waals surface area contributed by atoms with Gasteiger partial charge in [0.2, 0.25) is 0 Å². The third-order valence-electron chi connectivity index (χ3n) is 3.94. The summed E-state index contributed by atoms with van der Waals surface area (Å²) in [5.74, 6) is -0.330. The lowest BCUT2D eigenvalue weighted by Crippen LogP contribution is -2.45. The quantitative estimate of drug-likeness (QED) is 0.879. The average molecular weight is 331 g/mol. The van der Waals surface area contributed by atoms with Crippen molar-refractivity contribution in [2.45, 2.75) is 12.0 Å². The molecule has 0 unspecified atom stereocenters. The summed E-state index contributed by atoms with van der Waals surface area (Å²) in [5.41, 5.74) is -0.547. The van der Waals surface area contributed by atoms with Crippen LogP contribution >= 0.6 is 0 Å². The number of halogens is 1. The Bertz CT molecular complexity index is 736. The summed E-state index contributed by atoms with van der Waals surface area (Å²) in [4.78, 5) is 11.9. The van der Waals surface area contributed by atoms with Gasteiger partial charge in [-0.15, -0.1) is 0 Å². The van der Waals surface area contributed by atoms with Gasteiger partial charge in [-0.1, -0.05) is 30.3 Å². The van der Waals surface area contributed by atoms with E-state index in [1.165, 1.54) is 12.1 Å². The Labute approximate surface area is 139 Å². The highest BCUT2D eigenvalue weighted by Gasteiger charge is 2.35. The molecule has 126 valence electrons. The summed E-state index contributed by atoms with van der Waals surface area (Å²) in [6, 6.07) is 13.1. The summed E-state index contributed by atoms with van der Waals surface area (Å²) in [6.45, 7) is 0.0805. The lowest BCUT2D eigenvalue weighted by molar-refractivity contribution is -0.124. The van der Waals surface area contributed by atoms with Crippen LogP contribution in [0.2, 0.25) is 0 Å². The Morgan fingerprint density at radius 3 is 2.83 bits per heavy atom. The van der Waals surface area contributed by atoms with Crippen LogP contribution in [0.4, 0.5) is 4.39 Å². The molecule has 0 spiro atoms. The number of fused-ring (bicyclic) bond motifs is 1. The zero-order valence-corrected chi connectivity index (χ0v) is 13.0. The first-order valence-corrected chi connectivity index (χ1v) is 7.67. The maximum Gasteiger partial charge on any atom is 0.258 e. The van der Waals surface area contributed by atoms with E-state index in [0.717, 1.165) is 0 Å². The number of hydrogen-bond acceptors (Lipinski definition) is 4. The van der Waals surface area contributed by atoms with Crippen molar-refractivity contribution in [3.63, 3.8) is 0 Å². The van der Waals surface area contributed by atoms with Crippen LogP contribution in [0.3, 0.4) is 0 Å². The molecule has 1 aliphatic heterocycles. The molecule has 5 nitrogen and oxygen atoms in total. The third-order valence-corrected chi connectivity index (χ3v) is 3.94. The molecule has 6 heteroatoms. The molecule has 2 aromatic carbocycles. The molecule has 3 rings (SSSR count). The van der Waals surface area contributed by atoms with Crippen LogP contribution in [0, 0.1) is 5.82 Å². The lowest BCUT2D eigenvalue weighted by atomic mass is 9.88. The van der Waals surface area contributed by atoms with Gasteiger partial charge in [0.25, 0.3) is 5.91 Å². The van der Waals surface area contributed by atoms with Gasteiger partial charge in [0, 0.05) is 12.0 Å². The number of amides is 1. The van der Waals surface area contributed by atoms with E-state index in [2.05, 4.69) is 5.32 Å². The van der Waals surface area contributed by atoms with Crippen LogP contribution in [-0.2, 0) is 10.4 Å². The number of carbonyl (C=O) groups excluding carboxylic acids is 1. The highest BCUT2D eigenvalue weighted by atomic mass is 19.1. The fraction of sp³-hybridized carbons (Fsp3) is 0.278. The van der Waals surface area contributed by atoms with Crippen molar-refractivity contribution in [3.8, 4) is 11.5 Å². The van der Waals surface area contributed by atoms with E-state index in [0.29, 0.717) is 24.3 Å². The number of hydrogen-bond donors (Lipinski definition) is 2. The number of ether oxygens (including phenoxy) is 2. The van der Waals surface area contributed by atoms with E-state index in [-0.39, 0.29) is 18.9 Å². The molecule has 0 aromatic heterocycles. The summed E-state index contributed by atoms with van der Waals surface area (Å²) < 4.78 is 24.1. The van der Waals surface area contributed by atoms with Gasteiger partial charge < -0.3 is 19.9 Å². The fourth-order valence-electron chi connectivity index (χ4n) is 2.63. The summed E-state index contributed by atoms with van der Waals surface area (Å²) in [5, 5.41) is 13.4. The molecule has 0 bridgehead atoms. The van der Waals surface area contributed by atoms with Crippen molar-refractivity contribution in [1.29, 1.82) is 0 Å². The van der Waals surface area contributed by atoms with Gasteiger partial charge in [0.15, 0.2) is 18.2 Å². The Hall–Kier alpha value is -2.60. The first kappa shape index (κ1) is 16.3. The highest BCUT2D eigenvalue weighted by molar-refractivity contribution is 5.77. The van der Waals surface area contributed by atoms with Crippen molar-refractivity contribution in [2.24, 2.45) is 0 Å². The second kappa shape index (κ2) is 6.88. The third kappa shape index (κ3) is 3.49. The largest absolute Gasteiger partial charge is 0.493 e. The van der Waals surface area contributed by atoms with Gasteiger partial charge in [-0.2, -0.15) is 0 Å². The number of aliphatic hydroxyl groups is 1. The van der Waals surface area contributed by atoms with Crippen molar-refractivity contribution in [1.82, 2.24) is 5.32 Å². The highest BCUT2D eigenvalue weighted by Crippen LogP contribution is 2.36. The molecule has 1 atom stereocenters. The zero-order chi connectivity index (χ0) is 17.0. The maximum atomic E-state index is 13.4. The molecule has 1 aliphatic rings. The molecule has 2 N–H and O–H groups in total. The van der Waals surface area contributed by atoms with E-state index >= 15 is 0 Å². The van der Waals surface area contributed by atoms with Gasteiger partial charge in [-0.05, 0) is 18.2 Å². The smallest absolute Gasteiger partial charge is 0.258 e. The number of nitrogens with one attached hydrogen (secondary N) is 1. The lowest BCUT2D eigenvalue weighted by Gasteiger charge is -2.34. The monoisotopic (exact) mass is 331 g/mol. The second-order valence-electron chi connectivity index (χ2n) is 5.62. The Morgan fingerprint density at radius 2 is 2.00 bits per heavy atom. The maximum absolute atomic E-state index is 13.4. The summed E-state index contributed by atoms with van der Waals surface area (Å²) >= 11 is 0. The molecule has 0 saturated carbocycles. The van der Waals surface area contributed by atoms with E-state index in [1.54, 1.807) is 24.3 Å². The average Bonchev–Trinajstić information content (AvgIpc) is 2.60. The van der Waals surface area contributed by atoms with E-state index in [9.17, 15) is 14.3 Å². The van der Waals surface area contributed by atoms with Crippen LogP contribution in [-0.4, -0.2) is 30.8 Å². The first-order valence-electron chi connectivity index (χ1n) is 7.67. The molecule has 0 radical (unpaired) electrons. The van der Waals surface area contributed by atoms with E-state index in [1.807, 2.05) is 12.1 Å². The Balaban J connectivity index is 1.58. The normalized spacial score (nSPS) is 19.1. The Morgan fingerprint density at radius 1 is 1.25 bits per heavy atom. The molecular weight excluding hydrogens is 313 g/mol. The summed E-state index contributed by atoms with van der Waals surface area (Å²) in [6.07, 6.45) is 0.373. The molecule has 0 saturated heterocycles. The van der Waals surface area contributed by atoms with Crippen molar-refractivity contribution in [2.75, 3.05) is 19.8 Å². The number of benzene rings is 2. The Kier molecular flexibility index (Phi) is 4.66. The molecule has 2 aromatic rings. The minimum atomic E-state index is -1.19. The number of para-hydroxylation sites is 2. The fourth-order valence-corrected chi connectivity index (χ4v) is 2.63. The van der Waals surface area contributed by atoms with Gasteiger partial charge in [-0.25, -0.2) is 4.39 Å². The number of rotatable bonds is 5. The van der Waals surface area contributed by atoms with Crippen LogP contribution < -0.4 is 14.8 Å². The van der Waals surface area contributed by atoms with E-state index < -0.39 is 17.3 Å². The van der Waals surface area contributed by atoms with Crippen LogP contribution in [0.5, 0.6) is 11.5 Å². The predicted molar refractivity (Wildman–Crippen MR) is 85.4 cm³/mol. The molecule has 0 fully saturated rings. The zero-order valence-electron chi connectivity index (χ0n) is 13.0. The molecular formula is C18H18FNO4. The number of carbonyl (C=O) groups is 1. The molecule has 1 amide bonds. The van der Waals surface area contributed by atoms with Gasteiger partial charge >= 0.3 is 0 Å². The van der Waals surface area contributed by atoms with Crippen LogP contribution in [0.25, 0.3) is 0 Å². The van der Waals surface area contributed by atoms with Crippen molar-refractivity contribution >= 4 is 5.91 Å². The first-order chi connectivity index (χ1) is 11.6. The molecule has 24 heavy (non-hydrogen) atoms. The van der Waals surface area contributed by atoms with E-state index in [4.69, 9.17) is 9.47 Å². The predicted octanol–water partition coefficient (Wildman–Crippen LogP) is 1.99. The minimum absolute atomic E-state index is 0.0165. The SMILES string of the molecule is O=C(COc1ccccc1F)NC[C@]1(O)CCOc2ccccc21. The van der Waals surface area contributed by atoms with Gasteiger partial charge in [0.1, 0.15) is 11.4 Å². The standard InChI is InChI=1S/C18H18FNO4/c19-14-6-2-4-8-16(14)24-11-17(21)20-12-18(22)9-10-23-15-7-3-1-5-13(15)18/h1-8,22H,9-12H2,(H,20,21)/t18-/m1/s1. The topological polar surface area (TPSA) is 67.8 Å². The molecule has 1 heterocycles. The summed E-state index contributed by atoms with van der Waals surface area (Å²) in [7, 11) is 0.